The first kappa shape index (κ1) is 10.3. The van der Waals surface area contributed by atoms with Crippen LogP contribution < -0.4 is 0 Å². The van der Waals surface area contributed by atoms with Crippen molar-refractivity contribution in [3.8, 4) is 0 Å². The molecule has 64 valence electrons. The van der Waals surface area contributed by atoms with Crippen molar-refractivity contribution in [1.29, 1.82) is 0 Å². The molecule has 0 amide bonds. The molecule has 0 aliphatic carbocycles. The Morgan fingerprint density at radius 1 is 1.27 bits per heavy atom. The Kier molecular flexibility index (Phi) is 3.94. The van der Waals surface area contributed by atoms with Crippen molar-refractivity contribution in [2.24, 2.45) is 5.92 Å². The highest BCUT2D eigenvalue weighted by atomic mass is 15.1. The third-order valence-corrected chi connectivity index (χ3v) is 1.88. The van der Waals surface area contributed by atoms with E-state index in [0.717, 1.165) is 12.1 Å². The molecule has 0 aromatic rings. The minimum Gasteiger partial charge on any atom is -0.381 e. The second kappa shape index (κ2) is 4.22. The summed E-state index contributed by atoms with van der Waals surface area (Å²) in [7, 11) is 4.02. The van der Waals surface area contributed by atoms with Crippen molar-refractivity contribution in [1.82, 2.24) is 4.90 Å². The highest BCUT2D eigenvalue weighted by Gasteiger charge is 2.03. The summed E-state index contributed by atoms with van der Waals surface area (Å²) in [5.74, 6) is 0.562. The largest absolute Gasteiger partial charge is 0.381 e. The van der Waals surface area contributed by atoms with Crippen LogP contribution in [0, 0.1) is 5.92 Å². The van der Waals surface area contributed by atoms with Crippen LogP contribution in [0.1, 0.15) is 20.3 Å². The van der Waals surface area contributed by atoms with Crippen molar-refractivity contribution in [2.45, 2.75) is 20.3 Å². The van der Waals surface area contributed by atoms with Gasteiger partial charge in [0.25, 0.3) is 0 Å². The molecule has 0 aliphatic heterocycles. The van der Waals surface area contributed by atoms with Crippen LogP contribution in [0.2, 0.25) is 0 Å². The van der Waals surface area contributed by atoms with Crippen LogP contribution in [-0.4, -0.2) is 19.0 Å². The summed E-state index contributed by atoms with van der Waals surface area (Å²) >= 11 is 0. The zero-order valence-corrected chi connectivity index (χ0v) is 8.15. The Morgan fingerprint density at radius 3 is 2.00 bits per heavy atom. The molecule has 11 heavy (non-hydrogen) atoms. The Morgan fingerprint density at radius 2 is 1.73 bits per heavy atom. The van der Waals surface area contributed by atoms with Crippen LogP contribution in [0.3, 0.4) is 0 Å². The van der Waals surface area contributed by atoms with E-state index in [1.165, 1.54) is 5.57 Å². The summed E-state index contributed by atoms with van der Waals surface area (Å²) in [4.78, 5) is 2.04. The smallest absolute Gasteiger partial charge is 0.00956 e. The fourth-order valence-corrected chi connectivity index (χ4v) is 0.624. The van der Waals surface area contributed by atoms with Gasteiger partial charge in [-0.3, -0.25) is 0 Å². The van der Waals surface area contributed by atoms with E-state index in [4.69, 9.17) is 0 Å². The molecule has 0 aromatic carbocycles. The lowest BCUT2D eigenvalue weighted by Crippen LogP contribution is -2.11. The quantitative estimate of drug-likeness (QED) is 0.561. The average molecular weight is 153 g/mol. The molecule has 1 nitrogen and oxygen atoms in total. The van der Waals surface area contributed by atoms with Gasteiger partial charge in [-0.2, -0.15) is 0 Å². The van der Waals surface area contributed by atoms with Crippen LogP contribution in [0.4, 0.5) is 0 Å². The van der Waals surface area contributed by atoms with Crippen molar-refractivity contribution in [3.63, 3.8) is 0 Å². The zero-order chi connectivity index (χ0) is 9.02. The summed E-state index contributed by atoms with van der Waals surface area (Å²) in [6.07, 6.45) is 0.921. The maximum absolute atomic E-state index is 3.99. The monoisotopic (exact) mass is 153 g/mol. The fraction of sp³-hybridized carbons (Fsp3) is 0.600. The highest BCUT2D eigenvalue weighted by Crippen LogP contribution is 2.16. The summed E-state index contributed by atoms with van der Waals surface area (Å²) in [5, 5.41) is 0. The maximum atomic E-state index is 3.99. The Hall–Kier alpha value is -0.720. The van der Waals surface area contributed by atoms with Gasteiger partial charge in [0.1, 0.15) is 0 Å². The predicted molar refractivity (Wildman–Crippen MR) is 51.4 cm³/mol. The zero-order valence-electron chi connectivity index (χ0n) is 8.15. The van der Waals surface area contributed by atoms with Crippen molar-refractivity contribution >= 4 is 0 Å². The van der Waals surface area contributed by atoms with Gasteiger partial charge in [0.05, 0.1) is 0 Å². The molecular formula is C10H19N. The highest BCUT2D eigenvalue weighted by molar-refractivity contribution is 5.09. The average Bonchev–Trinajstić information content (AvgIpc) is 1.87. The summed E-state index contributed by atoms with van der Waals surface area (Å²) in [6.45, 7) is 12.2. The van der Waals surface area contributed by atoms with Gasteiger partial charge in [-0.25, -0.2) is 0 Å². The molecule has 0 heterocycles. The van der Waals surface area contributed by atoms with Crippen LogP contribution in [0.15, 0.2) is 24.4 Å². The molecule has 0 unspecified atom stereocenters. The van der Waals surface area contributed by atoms with E-state index < -0.39 is 0 Å². The minimum absolute atomic E-state index is 0.562. The molecule has 0 radical (unpaired) electrons. The van der Waals surface area contributed by atoms with Gasteiger partial charge in [-0.05, 0) is 5.92 Å². The van der Waals surface area contributed by atoms with Gasteiger partial charge in [-0.15, -0.1) is 0 Å². The molecule has 0 saturated heterocycles. The number of hydrogen-bond donors (Lipinski definition) is 0. The molecule has 0 aliphatic rings. The van der Waals surface area contributed by atoms with Crippen molar-refractivity contribution < 1.29 is 0 Å². The second-order valence-corrected chi connectivity index (χ2v) is 3.45. The Labute approximate surface area is 70.4 Å². The molecule has 0 N–H and O–H groups in total. The summed E-state index contributed by atoms with van der Waals surface area (Å²) < 4.78 is 0. The third-order valence-electron chi connectivity index (χ3n) is 1.88. The number of rotatable bonds is 4. The minimum atomic E-state index is 0.562. The predicted octanol–water partition coefficient (Wildman–Crippen LogP) is 2.66. The van der Waals surface area contributed by atoms with Gasteiger partial charge in [-0.1, -0.05) is 32.6 Å². The van der Waals surface area contributed by atoms with Crippen molar-refractivity contribution in [2.75, 3.05) is 14.1 Å². The van der Waals surface area contributed by atoms with Crippen LogP contribution in [0.25, 0.3) is 0 Å². The lowest BCUT2D eigenvalue weighted by Gasteiger charge is -2.18. The van der Waals surface area contributed by atoms with Crippen LogP contribution in [0.5, 0.6) is 0 Å². The van der Waals surface area contributed by atoms with Gasteiger partial charge in [0, 0.05) is 26.2 Å². The Bertz CT molecular complexity index is 136. The molecule has 0 spiro atoms. The van der Waals surface area contributed by atoms with Crippen molar-refractivity contribution in [3.05, 3.63) is 24.4 Å². The number of hydrogen-bond acceptors (Lipinski definition) is 1. The van der Waals surface area contributed by atoms with E-state index in [1.807, 2.05) is 19.0 Å². The van der Waals surface area contributed by atoms with Gasteiger partial charge < -0.3 is 4.90 Å². The topological polar surface area (TPSA) is 3.24 Å². The first-order chi connectivity index (χ1) is 4.95. The maximum Gasteiger partial charge on any atom is 0.00956 e. The van der Waals surface area contributed by atoms with Crippen LogP contribution in [-0.2, 0) is 0 Å². The standard InChI is InChI=1S/C10H19N/c1-8(2)9(3)7-10(4)11(5)6/h8H,3-4,7H2,1-2,5-6H3. The molecule has 0 rings (SSSR count). The fourth-order valence-electron chi connectivity index (χ4n) is 0.624. The number of allylic oxidation sites excluding steroid dienone is 1. The van der Waals surface area contributed by atoms with E-state index in [1.54, 1.807) is 0 Å². The normalized spacial score (nSPS) is 9.91. The van der Waals surface area contributed by atoms with E-state index >= 15 is 0 Å². The molecule has 0 fully saturated rings. The molecule has 0 saturated carbocycles. The van der Waals surface area contributed by atoms with E-state index in [0.29, 0.717) is 5.92 Å². The first-order valence-electron chi connectivity index (χ1n) is 3.98. The molecule has 1 heteroatoms. The Balaban J connectivity index is 3.86. The van der Waals surface area contributed by atoms with E-state index in [9.17, 15) is 0 Å². The SMILES string of the molecule is C=C(CC(=C)N(C)C)C(C)C. The summed E-state index contributed by atoms with van der Waals surface area (Å²) in [5.41, 5.74) is 2.38. The first-order valence-corrected chi connectivity index (χ1v) is 3.98. The van der Waals surface area contributed by atoms with E-state index in [2.05, 4.69) is 27.0 Å². The van der Waals surface area contributed by atoms with Gasteiger partial charge >= 0.3 is 0 Å². The van der Waals surface area contributed by atoms with Gasteiger partial charge in [0.2, 0.25) is 0 Å². The molecule has 0 bridgehead atoms. The second-order valence-electron chi connectivity index (χ2n) is 3.45. The molecular weight excluding hydrogens is 134 g/mol. The number of nitrogens with zero attached hydrogens (tertiary/aromatic N) is 1. The summed E-state index contributed by atoms with van der Waals surface area (Å²) in [6, 6.07) is 0. The lowest BCUT2D eigenvalue weighted by atomic mass is 10.0. The third kappa shape index (κ3) is 3.87. The van der Waals surface area contributed by atoms with E-state index in [-0.39, 0.29) is 0 Å². The molecule has 0 atom stereocenters. The molecule has 0 aromatic heterocycles. The van der Waals surface area contributed by atoms with Gasteiger partial charge in [0.15, 0.2) is 0 Å². The van der Waals surface area contributed by atoms with Crippen LogP contribution >= 0.6 is 0 Å². The lowest BCUT2D eigenvalue weighted by molar-refractivity contribution is 0.494.